The van der Waals surface area contributed by atoms with Gasteiger partial charge in [-0.1, -0.05) is 24.3 Å². The smallest absolute Gasteiger partial charge is 0.271 e. The zero-order valence-corrected chi connectivity index (χ0v) is 18.3. The summed E-state index contributed by atoms with van der Waals surface area (Å²) in [6, 6.07) is 18.5. The summed E-state index contributed by atoms with van der Waals surface area (Å²) in [5.74, 6) is -0.205. The number of carbonyl (C=O) groups is 2. The number of nitrogens with zero attached hydrogens (tertiary/aromatic N) is 1. The summed E-state index contributed by atoms with van der Waals surface area (Å²) >= 11 is 0. The normalized spacial score (nSPS) is 15.4. The predicted molar refractivity (Wildman–Crippen MR) is 121 cm³/mol. The van der Waals surface area contributed by atoms with Gasteiger partial charge >= 0.3 is 0 Å². The van der Waals surface area contributed by atoms with Crippen LogP contribution in [0.4, 0.5) is 0 Å². The molecule has 166 valence electrons. The number of hydrazine groups is 1. The quantitative estimate of drug-likeness (QED) is 0.581. The average Bonchev–Trinajstić information content (AvgIpc) is 3.44. The first-order valence-electron chi connectivity index (χ1n) is 10.7. The number of nitrogens with one attached hydrogen (secondary N) is 2. The first kappa shape index (κ1) is 21.6. The first-order valence-corrected chi connectivity index (χ1v) is 10.7. The molecular formula is C25H27N3O4. The summed E-state index contributed by atoms with van der Waals surface area (Å²) in [5.41, 5.74) is 8.60. The van der Waals surface area contributed by atoms with Gasteiger partial charge in [-0.3, -0.25) is 20.4 Å². The van der Waals surface area contributed by atoms with Crippen LogP contribution in [-0.2, 0) is 4.74 Å². The molecule has 2 heterocycles. The van der Waals surface area contributed by atoms with Crippen LogP contribution in [0, 0.1) is 13.8 Å². The zero-order chi connectivity index (χ0) is 22.5. The van der Waals surface area contributed by atoms with Crippen molar-refractivity contribution < 1.29 is 19.1 Å². The van der Waals surface area contributed by atoms with Crippen LogP contribution in [0.5, 0.6) is 5.75 Å². The summed E-state index contributed by atoms with van der Waals surface area (Å²) in [6.07, 6.45) is 2.13. The molecule has 1 aliphatic rings. The highest BCUT2D eigenvalue weighted by Crippen LogP contribution is 2.21. The third kappa shape index (κ3) is 4.84. The number of amides is 2. The van der Waals surface area contributed by atoms with Crippen molar-refractivity contribution in [1.82, 2.24) is 15.4 Å². The Hall–Kier alpha value is -3.58. The number of aromatic nitrogens is 1. The fourth-order valence-electron chi connectivity index (χ4n) is 3.91. The van der Waals surface area contributed by atoms with E-state index in [0.29, 0.717) is 23.5 Å². The number of hydrogen-bond acceptors (Lipinski definition) is 4. The van der Waals surface area contributed by atoms with Crippen molar-refractivity contribution in [1.29, 1.82) is 0 Å². The van der Waals surface area contributed by atoms with Gasteiger partial charge in [0.15, 0.2) is 0 Å². The predicted octanol–water partition coefficient (Wildman–Crippen LogP) is 3.73. The van der Waals surface area contributed by atoms with Crippen LogP contribution in [0.2, 0.25) is 0 Å². The van der Waals surface area contributed by atoms with Gasteiger partial charge in [0.05, 0.1) is 11.7 Å². The number of ether oxygens (including phenoxy) is 2. The Labute approximate surface area is 187 Å². The van der Waals surface area contributed by atoms with E-state index in [2.05, 4.69) is 10.9 Å². The van der Waals surface area contributed by atoms with Crippen LogP contribution in [0.15, 0.2) is 60.7 Å². The number of hydrogen-bond donors (Lipinski definition) is 2. The molecule has 7 heteroatoms. The number of carbonyl (C=O) groups excluding carboxylic acids is 2. The minimum Gasteiger partial charge on any atom is -0.491 e. The molecule has 2 aromatic carbocycles. The van der Waals surface area contributed by atoms with Gasteiger partial charge in [0, 0.05) is 29.2 Å². The molecule has 1 aliphatic heterocycles. The SMILES string of the molecule is Cc1cc(C(=O)NNC(=O)c2cccc(OCC3CCCO3)c2)c(C)n1-c1ccccc1. The van der Waals surface area contributed by atoms with Crippen LogP contribution in [-0.4, -0.2) is 35.7 Å². The molecule has 7 nitrogen and oxygen atoms in total. The Morgan fingerprint density at radius 1 is 1.03 bits per heavy atom. The van der Waals surface area contributed by atoms with E-state index in [1.807, 2.05) is 54.8 Å². The van der Waals surface area contributed by atoms with Gasteiger partial charge < -0.3 is 14.0 Å². The lowest BCUT2D eigenvalue weighted by Crippen LogP contribution is -2.41. The Bertz CT molecular complexity index is 1100. The number of aryl methyl sites for hydroxylation is 1. The van der Waals surface area contributed by atoms with E-state index < -0.39 is 5.91 Å². The molecule has 0 aliphatic carbocycles. The number of benzene rings is 2. The van der Waals surface area contributed by atoms with E-state index in [4.69, 9.17) is 9.47 Å². The molecule has 0 spiro atoms. The molecule has 1 fully saturated rings. The molecule has 3 aromatic rings. The first-order chi connectivity index (χ1) is 15.5. The monoisotopic (exact) mass is 433 g/mol. The molecule has 2 N–H and O–H groups in total. The molecular weight excluding hydrogens is 406 g/mol. The third-order valence-electron chi connectivity index (χ3n) is 5.54. The molecule has 0 bridgehead atoms. The van der Waals surface area contributed by atoms with E-state index >= 15 is 0 Å². The largest absolute Gasteiger partial charge is 0.491 e. The van der Waals surface area contributed by atoms with E-state index in [1.165, 1.54) is 0 Å². The highest BCUT2D eigenvalue weighted by molar-refractivity contribution is 6.00. The second kappa shape index (κ2) is 9.70. The fourth-order valence-corrected chi connectivity index (χ4v) is 3.91. The number of para-hydroxylation sites is 1. The van der Waals surface area contributed by atoms with Gasteiger partial charge in [-0.25, -0.2) is 0 Å². The lowest BCUT2D eigenvalue weighted by Gasteiger charge is -2.12. The Morgan fingerprint density at radius 3 is 2.56 bits per heavy atom. The standard InChI is InChI=1S/C25H27N3O4/c1-17-14-23(18(2)28(17)20-9-4-3-5-10-20)25(30)27-26-24(29)19-8-6-11-21(15-19)32-16-22-12-7-13-31-22/h3-6,8-11,14-15,22H,7,12-13,16H2,1-2H3,(H,26,29)(H,27,30). The molecule has 32 heavy (non-hydrogen) atoms. The fraction of sp³-hybridized carbons (Fsp3) is 0.280. The van der Waals surface area contributed by atoms with Gasteiger partial charge in [-0.05, 0) is 63.1 Å². The minimum atomic E-state index is -0.419. The molecule has 0 saturated carbocycles. The van der Waals surface area contributed by atoms with Crippen molar-refractivity contribution in [3.8, 4) is 11.4 Å². The lowest BCUT2D eigenvalue weighted by molar-refractivity contribution is 0.0679. The molecule has 4 rings (SSSR count). The van der Waals surface area contributed by atoms with Gasteiger partial charge in [0.1, 0.15) is 12.4 Å². The van der Waals surface area contributed by atoms with Gasteiger partial charge in [-0.15, -0.1) is 0 Å². The maximum absolute atomic E-state index is 12.7. The molecule has 1 aromatic heterocycles. The molecule has 1 saturated heterocycles. The zero-order valence-electron chi connectivity index (χ0n) is 18.3. The van der Waals surface area contributed by atoms with E-state index in [0.717, 1.165) is 36.5 Å². The van der Waals surface area contributed by atoms with E-state index in [1.54, 1.807) is 24.3 Å². The highest BCUT2D eigenvalue weighted by atomic mass is 16.5. The maximum atomic E-state index is 12.7. The molecule has 0 radical (unpaired) electrons. The Kier molecular flexibility index (Phi) is 6.56. The van der Waals surface area contributed by atoms with Gasteiger partial charge in [0.2, 0.25) is 0 Å². The summed E-state index contributed by atoms with van der Waals surface area (Å²) in [6.45, 7) is 5.05. The lowest BCUT2D eigenvalue weighted by atomic mass is 10.2. The molecule has 1 atom stereocenters. The highest BCUT2D eigenvalue weighted by Gasteiger charge is 2.18. The van der Waals surface area contributed by atoms with Crippen LogP contribution in [0.25, 0.3) is 5.69 Å². The minimum absolute atomic E-state index is 0.0988. The molecule has 1 unspecified atom stereocenters. The van der Waals surface area contributed by atoms with Crippen LogP contribution in [0.1, 0.15) is 44.9 Å². The van der Waals surface area contributed by atoms with Crippen molar-refractivity contribution in [2.24, 2.45) is 0 Å². The van der Waals surface area contributed by atoms with Crippen molar-refractivity contribution >= 4 is 11.8 Å². The van der Waals surface area contributed by atoms with Crippen molar-refractivity contribution in [3.05, 3.63) is 83.2 Å². The Morgan fingerprint density at radius 2 is 1.81 bits per heavy atom. The van der Waals surface area contributed by atoms with Crippen molar-refractivity contribution in [2.45, 2.75) is 32.8 Å². The summed E-state index contributed by atoms with van der Waals surface area (Å²) in [7, 11) is 0. The summed E-state index contributed by atoms with van der Waals surface area (Å²) < 4.78 is 13.3. The Balaban J connectivity index is 1.38. The summed E-state index contributed by atoms with van der Waals surface area (Å²) in [5, 5.41) is 0. The van der Waals surface area contributed by atoms with Crippen molar-refractivity contribution in [2.75, 3.05) is 13.2 Å². The topological polar surface area (TPSA) is 81.6 Å². The van der Waals surface area contributed by atoms with Crippen molar-refractivity contribution in [3.63, 3.8) is 0 Å². The summed E-state index contributed by atoms with van der Waals surface area (Å²) in [4.78, 5) is 25.3. The van der Waals surface area contributed by atoms with Gasteiger partial charge in [0.25, 0.3) is 11.8 Å². The second-order valence-corrected chi connectivity index (χ2v) is 7.84. The van der Waals surface area contributed by atoms with E-state index in [-0.39, 0.29) is 12.0 Å². The average molecular weight is 434 g/mol. The van der Waals surface area contributed by atoms with Crippen LogP contribution < -0.4 is 15.6 Å². The maximum Gasteiger partial charge on any atom is 0.271 e. The second-order valence-electron chi connectivity index (χ2n) is 7.84. The third-order valence-corrected chi connectivity index (χ3v) is 5.54. The molecule has 2 amide bonds. The van der Waals surface area contributed by atoms with E-state index in [9.17, 15) is 9.59 Å². The van der Waals surface area contributed by atoms with Crippen LogP contribution in [0.3, 0.4) is 0 Å². The van der Waals surface area contributed by atoms with Gasteiger partial charge in [-0.2, -0.15) is 0 Å². The van der Waals surface area contributed by atoms with Crippen LogP contribution >= 0.6 is 0 Å². The number of rotatable bonds is 6.